The van der Waals surface area contributed by atoms with Crippen LogP contribution in [0.1, 0.15) is 5.56 Å². The maximum absolute atomic E-state index is 12.3. The highest BCUT2D eigenvalue weighted by Gasteiger charge is 2.14. The maximum Gasteiger partial charge on any atom is 0.336 e. The van der Waals surface area contributed by atoms with Gasteiger partial charge < -0.3 is 14.8 Å². The predicted octanol–water partition coefficient (Wildman–Crippen LogP) is 3.88. The number of aromatic hydroxyl groups is 1. The number of fused-ring (bicyclic) bond motifs is 1. The summed E-state index contributed by atoms with van der Waals surface area (Å²) in [5, 5.41) is 13.6. The highest BCUT2D eigenvalue weighted by atomic mass is 35.5. The summed E-state index contributed by atoms with van der Waals surface area (Å²) in [6.45, 7) is 0.387. The number of nitrogens with zero attached hydrogens (tertiary/aromatic N) is 1. The van der Waals surface area contributed by atoms with E-state index in [4.69, 9.17) is 27.6 Å². The molecule has 0 aliphatic rings. The number of likely N-dealkylation sites (N-methyl/N-ethyl adjacent to an activating group) is 1. The molecule has 2 aromatic carbocycles. The lowest BCUT2D eigenvalue weighted by molar-refractivity contribution is -0.117. The molecule has 1 heterocycles. The van der Waals surface area contributed by atoms with Crippen molar-refractivity contribution in [2.45, 2.75) is 6.54 Å². The number of carbonyl (C=O) groups excluding carboxylic acids is 1. The van der Waals surface area contributed by atoms with Gasteiger partial charge in [0.15, 0.2) is 0 Å². The van der Waals surface area contributed by atoms with E-state index in [1.165, 1.54) is 18.2 Å². The molecule has 0 unspecified atom stereocenters. The molecule has 8 heteroatoms. The molecule has 0 saturated heterocycles. The van der Waals surface area contributed by atoms with Gasteiger partial charge in [-0.05, 0) is 36.9 Å². The summed E-state index contributed by atoms with van der Waals surface area (Å²) >= 11 is 12.1. The summed E-state index contributed by atoms with van der Waals surface area (Å²) in [6, 6.07) is 10.9. The number of phenols is 1. The first-order valence-corrected chi connectivity index (χ1v) is 8.77. The lowest BCUT2D eigenvalue weighted by atomic mass is 10.1. The van der Waals surface area contributed by atoms with E-state index in [2.05, 4.69) is 5.32 Å². The molecule has 27 heavy (non-hydrogen) atoms. The van der Waals surface area contributed by atoms with Gasteiger partial charge >= 0.3 is 5.63 Å². The molecule has 2 N–H and O–H groups in total. The SMILES string of the molecule is CN(CC(=O)Nc1c(Cl)cccc1Cl)Cc1cc(=O)oc2cc(O)ccc12. The van der Waals surface area contributed by atoms with Crippen LogP contribution in [0.25, 0.3) is 11.0 Å². The molecular formula is C19H16Cl2N2O4. The quantitative estimate of drug-likeness (QED) is 0.628. The first-order valence-electron chi connectivity index (χ1n) is 8.01. The molecular weight excluding hydrogens is 391 g/mol. The zero-order valence-corrected chi connectivity index (χ0v) is 15.8. The summed E-state index contributed by atoms with van der Waals surface area (Å²) < 4.78 is 5.11. The number of rotatable bonds is 5. The van der Waals surface area contributed by atoms with Crippen molar-refractivity contribution in [2.75, 3.05) is 18.9 Å². The van der Waals surface area contributed by atoms with Crippen LogP contribution >= 0.6 is 23.2 Å². The van der Waals surface area contributed by atoms with Gasteiger partial charge in [0.25, 0.3) is 0 Å². The summed E-state index contributed by atoms with van der Waals surface area (Å²) in [5.74, 6) is -0.287. The van der Waals surface area contributed by atoms with Crippen LogP contribution in [0.4, 0.5) is 5.69 Å². The smallest absolute Gasteiger partial charge is 0.336 e. The molecule has 3 rings (SSSR count). The maximum atomic E-state index is 12.3. The van der Waals surface area contributed by atoms with E-state index in [1.54, 1.807) is 36.2 Å². The Morgan fingerprint density at radius 3 is 2.59 bits per heavy atom. The van der Waals surface area contributed by atoms with Crippen LogP contribution in [-0.2, 0) is 11.3 Å². The fourth-order valence-electron chi connectivity index (χ4n) is 2.74. The number of amides is 1. The van der Waals surface area contributed by atoms with E-state index in [1.807, 2.05) is 0 Å². The fraction of sp³-hybridized carbons (Fsp3) is 0.158. The minimum Gasteiger partial charge on any atom is -0.508 e. The third-order valence-electron chi connectivity index (χ3n) is 3.89. The standard InChI is InChI=1S/C19H16Cl2N2O4/c1-23(10-17(25)22-19-14(20)3-2-4-15(19)21)9-11-7-18(26)27-16-8-12(24)5-6-13(11)16/h2-8,24H,9-10H2,1H3,(H,22,25). The van der Waals surface area contributed by atoms with E-state index in [9.17, 15) is 14.7 Å². The Hall–Kier alpha value is -2.54. The summed E-state index contributed by atoms with van der Waals surface area (Å²) in [4.78, 5) is 25.8. The molecule has 1 amide bonds. The van der Waals surface area contributed by atoms with Crippen LogP contribution in [0.2, 0.25) is 10.0 Å². The third-order valence-corrected chi connectivity index (χ3v) is 4.52. The van der Waals surface area contributed by atoms with Crippen molar-refractivity contribution in [3.05, 3.63) is 68.5 Å². The first kappa shape index (κ1) is 19.2. The summed E-state index contributed by atoms with van der Waals surface area (Å²) in [7, 11) is 1.74. The van der Waals surface area contributed by atoms with Gasteiger partial charge in [0.1, 0.15) is 11.3 Å². The van der Waals surface area contributed by atoms with Crippen molar-refractivity contribution >= 4 is 45.8 Å². The van der Waals surface area contributed by atoms with Crippen LogP contribution in [0.3, 0.4) is 0 Å². The second-order valence-electron chi connectivity index (χ2n) is 6.09. The molecule has 0 spiro atoms. The van der Waals surface area contributed by atoms with E-state index in [0.29, 0.717) is 38.8 Å². The average Bonchev–Trinajstić information content (AvgIpc) is 2.57. The Morgan fingerprint density at radius 2 is 1.89 bits per heavy atom. The van der Waals surface area contributed by atoms with Gasteiger partial charge in [0.05, 0.1) is 22.3 Å². The molecule has 0 aliphatic carbocycles. The Balaban J connectivity index is 1.74. The number of para-hydroxylation sites is 1. The Labute approximate surface area is 164 Å². The summed E-state index contributed by atoms with van der Waals surface area (Å²) in [5.41, 5.74) is 0.815. The molecule has 1 aromatic heterocycles. The van der Waals surface area contributed by atoms with Crippen molar-refractivity contribution in [1.82, 2.24) is 4.90 Å². The van der Waals surface area contributed by atoms with Crippen molar-refractivity contribution < 1.29 is 14.3 Å². The Bertz CT molecular complexity index is 1040. The van der Waals surface area contributed by atoms with Gasteiger partial charge in [-0.25, -0.2) is 4.79 Å². The third kappa shape index (κ3) is 4.60. The number of halogens is 2. The summed E-state index contributed by atoms with van der Waals surface area (Å²) in [6.07, 6.45) is 0. The van der Waals surface area contributed by atoms with Gasteiger partial charge in [0.2, 0.25) is 5.91 Å². The molecule has 0 atom stereocenters. The number of benzene rings is 2. The van der Waals surface area contributed by atoms with E-state index < -0.39 is 5.63 Å². The lowest BCUT2D eigenvalue weighted by Crippen LogP contribution is -2.30. The fourth-order valence-corrected chi connectivity index (χ4v) is 3.23. The van der Waals surface area contributed by atoms with Crippen molar-refractivity contribution in [3.63, 3.8) is 0 Å². The number of carbonyl (C=O) groups is 1. The van der Waals surface area contributed by atoms with Gasteiger partial charge in [-0.15, -0.1) is 0 Å². The van der Waals surface area contributed by atoms with Crippen LogP contribution in [-0.4, -0.2) is 29.5 Å². The number of anilines is 1. The molecule has 140 valence electrons. The monoisotopic (exact) mass is 406 g/mol. The van der Waals surface area contributed by atoms with Gasteiger partial charge in [-0.1, -0.05) is 29.3 Å². The van der Waals surface area contributed by atoms with Crippen LogP contribution < -0.4 is 10.9 Å². The second-order valence-corrected chi connectivity index (χ2v) is 6.90. The largest absolute Gasteiger partial charge is 0.508 e. The topological polar surface area (TPSA) is 82.8 Å². The molecule has 6 nitrogen and oxygen atoms in total. The average molecular weight is 407 g/mol. The predicted molar refractivity (Wildman–Crippen MR) is 106 cm³/mol. The Kier molecular flexibility index (Phi) is 5.70. The molecule has 0 aliphatic heterocycles. The molecule has 0 radical (unpaired) electrons. The van der Waals surface area contributed by atoms with Gasteiger partial charge in [0, 0.05) is 24.1 Å². The number of nitrogens with one attached hydrogen (secondary N) is 1. The Morgan fingerprint density at radius 1 is 1.19 bits per heavy atom. The van der Waals surface area contributed by atoms with Gasteiger partial charge in [-0.3, -0.25) is 9.69 Å². The normalized spacial score (nSPS) is 11.1. The highest BCUT2D eigenvalue weighted by Crippen LogP contribution is 2.29. The first-order chi connectivity index (χ1) is 12.8. The molecule has 0 fully saturated rings. The van der Waals surface area contributed by atoms with Crippen molar-refractivity contribution in [1.29, 1.82) is 0 Å². The zero-order chi connectivity index (χ0) is 19.6. The number of hydrogen-bond donors (Lipinski definition) is 2. The van der Waals surface area contributed by atoms with Gasteiger partial charge in [-0.2, -0.15) is 0 Å². The minimum absolute atomic E-state index is 0.00662. The zero-order valence-electron chi connectivity index (χ0n) is 14.3. The van der Waals surface area contributed by atoms with Crippen molar-refractivity contribution in [2.24, 2.45) is 0 Å². The highest BCUT2D eigenvalue weighted by molar-refractivity contribution is 6.39. The van der Waals surface area contributed by atoms with E-state index in [0.717, 1.165) is 0 Å². The van der Waals surface area contributed by atoms with Crippen LogP contribution in [0, 0.1) is 0 Å². The number of phenolic OH excluding ortho intramolecular Hbond substituents is 1. The van der Waals surface area contributed by atoms with E-state index in [-0.39, 0.29) is 18.2 Å². The second kappa shape index (κ2) is 8.00. The minimum atomic E-state index is -0.524. The lowest BCUT2D eigenvalue weighted by Gasteiger charge is -2.18. The molecule has 0 bridgehead atoms. The molecule has 0 saturated carbocycles. The molecule has 3 aromatic rings. The van der Waals surface area contributed by atoms with E-state index >= 15 is 0 Å². The van der Waals surface area contributed by atoms with Crippen LogP contribution in [0.5, 0.6) is 5.75 Å². The van der Waals surface area contributed by atoms with Crippen molar-refractivity contribution in [3.8, 4) is 5.75 Å². The number of hydrogen-bond acceptors (Lipinski definition) is 5. The van der Waals surface area contributed by atoms with Crippen LogP contribution in [0.15, 0.2) is 51.7 Å².